The van der Waals surface area contributed by atoms with E-state index >= 15 is 0 Å². The molecule has 2 atom stereocenters. The van der Waals surface area contributed by atoms with Crippen LogP contribution in [0.4, 0.5) is 0 Å². The van der Waals surface area contributed by atoms with Gasteiger partial charge < -0.3 is 9.47 Å². The van der Waals surface area contributed by atoms with Gasteiger partial charge in [0.2, 0.25) is 5.91 Å². The van der Waals surface area contributed by atoms with Crippen LogP contribution >= 0.6 is 0 Å². The Morgan fingerprint density at radius 2 is 1.97 bits per heavy atom. The van der Waals surface area contributed by atoms with E-state index in [4.69, 9.17) is 0 Å². The van der Waals surface area contributed by atoms with Crippen molar-refractivity contribution in [3.8, 4) is 0 Å². The summed E-state index contributed by atoms with van der Waals surface area (Å²) in [5.74, 6) is 1.25. The number of fused-ring (bicyclic) bond motifs is 6. The molecule has 3 aromatic rings. The minimum Gasteiger partial charge on any atom is -0.341 e. The highest BCUT2D eigenvalue weighted by atomic mass is 16.2. The summed E-state index contributed by atoms with van der Waals surface area (Å²) in [6.07, 6.45) is 4.71. The molecule has 9 heteroatoms. The van der Waals surface area contributed by atoms with Gasteiger partial charge in [-0.25, -0.2) is 4.98 Å². The largest absolute Gasteiger partial charge is 0.341 e. The number of nitrogens with zero attached hydrogens (tertiary/aromatic N) is 5. The number of carbonyl (C=O) groups is 1. The molecule has 6 rings (SSSR count). The van der Waals surface area contributed by atoms with Gasteiger partial charge in [0.25, 0.3) is 16.9 Å². The number of rotatable bonds is 2. The summed E-state index contributed by atoms with van der Waals surface area (Å²) >= 11 is 0. The molecule has 9 nitrogen and oxygen atoms in total. The number of pyridine rings is 1. The molecule has 1 N–H and O–H groups in total. The van der Waals surface area contributed by atoms with E-state index in [9.17, 15) is 14.4 Å². The van der Waals surface area contributed by atoms with Crippen LogP contribution in [0.25, 0.3) is 5.78 Å². The first-order valence-electron chi connectivity index (χ1n) is 11.0. The fourth-order valence-corrected chi connectivity index (χ4v) is 5.52. The molecule has 1 saturated heterocycles. The quantitative estimate of drug-likeness (QED) is 0.655. The molecule has 0 radical (unpaired) electrons. The number of aryl methyl sites for hydroxylation is 1. The maximum absolute atomic E-state index is 13.1. The second-order valence-electron chi connectivity index (χ2n) is 9.03. The fraction of sp³-hybridized carbons (Fsp3) is 0.500. The zero-order valence-corrected chi connectivity index (χ0v) is 17.2. The van der Waals surface area contributed by atoms with Gasteiger partial charge in [-0.3, -0.25) is 19.5 Å². The third-order valence-corrected chi connectivity index (χ3v) is 6.96. The van der Waals surface area contributed by atoms with Crippen LogP contribution in [0.2, 0.25) is 0 Å². The maximum atomic E-state index is 13.1. The molecule has 2 aliphatic heterocycles. The molecule has 5 heterocycles. The van der Waals surface area contributed by atoms with Crippen LogP contribution in [0, 0.1) is 5.92 Å². The number of aromatic nitrogens is 5. The van der Waals surface area contributed by atoms with Gasteiger partial charge in [0.15, 0.2) is 0 Å². The zero-order chi connectivity index (χ0) is 21.1. The molecule has 160 valence electrons. The van der Waals surface area contributed by atoms with Crippen molar-refractivity contribution in [1.29, 1.82) is 0 Å². The minimum atomic E-state index is -0.0968. The molecule has 3 aliphatic rings. The van der Waals surface area contributed by atoms with Gasteiger partial charge in [-0.05, 0) is 44.1 Å². The molecule has 2 unspecified atom stereocenters. The molecule has 1 amide bonds. The van der Waals surface area contributed by atoms with Crippen LogP contribution < -0.4 is 11.1 Å². The van der Waals surface area contributed by atoms with Gasteiger partial charge in [0, 0.05) is 42.9 Å². The predicted molar refractivity (Wildman–Crippen MR) is 112 cm³/mol. The van der Waals surface area contributed by atoms with Gasteiger partial charge >= 0.3 is 0 Å². The van der Waals surface area contributed by atoms with Crippen LogP contribution in [-0.2, 0) is 30.6 Å². The number of likely N-dealkylation sites (tertiary alicyclic amines) is 1. The predicted octanol–water partition coefficient (Wildman–Crippen LogP) is 0.646. The standard InChI is InChI=1S/C22H24N6O3/c29-19-7-3-6-17-14-8-13(11-27(17)19)10-26(12-14)20(30)9-18-24-22-23-16-5-2-1-4-15(16)21(31)28(22)25-18/h3,6-7,13-14H,1-2,4-5,8-12H2,(H,23,24,25). The molecule has 0 saturated carbocycles. The summed E-state index contributed by atoms with van der Waals surface area (Å²) in [7, 11) is 0. The Hall–Kier alpha value is -3.23. The number of piperidine rings is 1. The molecular formula is C22H24N6O3. The Morgan fingerprint density at radius 3 is 2.87 bits per heavy atom. The van der Waals surface area contributed by atoms with Crippen LogP contribution in [-0.4, -0.2) is 48.0 Å². The van der Waals surface area contributed by atoms with Crippen LogP contribution in [0.5, 0.6) is 0 Å². The first kappa shape index (κ1) is 18.5. The fourth-order valence-electron chi connectivity index (χ4n) is 5.52. The van der Waals surface area contributed by atoms with E-state index in [0.29, 0.717) is 31.2 Å². The average molecular weight is 420 g/mol. The first-order chi connectivity index (χ1) is 15.1. The summed E-state index contributed by atoms with van der Waals surface area (Å²) in [6.45, 7) is 1.90. The lowest BCUT2D eigenvalue weighted by Gasteiger charge is -2.42. The molecule has 1 fully saturated rings. The minimum absolute atomic E-state index is 0.0155. The van der Waals surface area contributed by atoms with E-state index < -0.39 is 0 Å². The number of aromatic amines is 1. The highest BCUT2D eigenvalue weighted by Crippen LogP contribution is 2.35. The molecule has 0 spiro atoms. The lowest BCUT2D eigenvalue weighted by atomic mass is 9.83. The summed E-state index contributed by atoms with van der Waals surface area (Å²) < 4.78 is 3.24. The topological polar surface area (TPSA) is 105 Å². The van der Waals surface area contributed by atoms with Crippen molar-refractivity contribution in [1.82, 2.24) is 29.0 Å². The first-order valence-corrected chi connectivity index (χ1v) is 11.0. The van der Waals surface area contributed by atoms with E-state index in [1.165, 1.54) is 4.52 Å². The second kappa shape index (κ2) is 6.90. The van der Waals surface area contributed by atoms with Gasteiger partial charge in [-0.2, -0.15) is 9.50 Å². The molecule has 1 aliphatic carbocycles. The number of carbonyl (C=O) groups excluding carboxylic acids is 1. The van der Waals surface area contributed by atoms with Gasteiger partial charge in [-0.15, -0.1) is 0 Å². The normalized spacial score (nSPS) is 22.3. The Bertz CT molecular complexity index is 1320. The summed E-state index contributed by atoms with van der Waals surface area (Å²) in [5.41, 5.74) is 2.57. The third kappa shape index (κ3) is 3.02. The summed E-state index contributed by atoms with van der Waals surface area (Å²) in [4.78, 5) is 48.9. The second-order valence-corrected chi connectivity index (χ2v) is 9.03. The summed E-state index contributed by atoms with van der Waals surface area (Å²) in [6, 6.07) is 5.40. The Balaban J connectivity index is 1.25. The van der Waals surface area contributed by atoms with Crippen molar-refractivity contribution in [3.63, 3.8) is 0 Å². The zero-order valence-electron chi connectivity index (χ0n) is 17.2. The van der Waals surface area contributed by atoms with E-state index in [-0.39, 0.29) is 35.3 Å². The van der Waals surface area contributed by atoms with Gasteiger partial charge in [0.05, 0.1) is 12.1 Å². The number of H-pyrrole nitrogens is 1. The lowest BCUT2D eigenvalue weighted by molar-refractivity contribution is -0.133. The number of hydrogen-bond donors (Lipinski definition) is 1. The molecular weight excluding hydrogens is 396 g/mol. The van der Waals surface area contributed by atoms with Crippen molar-refractivity contribution in [3.05, 3.63) is 61.7 Å². The molecule has 0 aromatic carbocycles. The summed E-state index contributed by atoms with van der Waals surface area (Å²) in [5, 5.41) is 3.00. The van der Waals surface area contributed by atoms with E-state index in [0.717, 1.165) is 49.1 Å². The van der Waals surface area contributed by atoms with Crippen LogP contribution in [0.3, 0.4) is 0 Å². The van der Waals surface area contributed by atoms with Gasteiger partial charge in [-0.1, -0.05) is 6.07 Å². The monoisotopic (exact) mass is 420 g/mol. The SMILES string of the molecule is O=C(Cc1nc2nc3c(c(=O)n2[nH]1)CCCC3)N1CC2CC(C1)c1cccc(=O)n1C2. The Kier molecular flexibility index (Phi) is 4.12. The van der Waals surface area contributed by atoms with E-state index in [2.05, 4.69) is 15.1 Å². The van der Waals surface area contributed by atoms with Crippen molar-refractivity contribution in [2.24, 2.45) is 5.92 Å². The number of nitrogens with one attached hydrogen (secondary N) is 1. The van der Waals surface area contributed by atoms with E-state index in [1.807, 2.05) is 15.5 Å². The molecule has 3 aromatic heterocycles. The number of amides is 1. The highest BCUT2D eigenvalue weighted by Gasteiger charge is 2.36. The van der Waals surface area contributed by atoms with Gasteiger partial charge in [0.1, 0.15) is 5.82 Å². The highest BCUT2D eigenvalue weighted by molar-refractivity contribution is 5.78. The molecule has 31 heavy (non-hydrogen) atoms. The average Bonchev–Trinajstić information content (AvgIpc) is 3.17. The smallest absolute Gasteiger partial charge is 0.277 e. The Labute approximate surface area is 177 Å². The van der Waals surface area contributed by atoms with E-state index in [1.54, 1.807) is 12.1 Å². The Morgan fingerprint density at radius 1 is 1.10 bits per heavy atom. The van der Waals surface area contributed by atoms with Crippen molar-refractivity contribution in [2.45, 2.75) is 51.0 Å². The molecule has 2 bridgehead atoms. The maximum Gasteiger partial charge on any atom is 0.277 e. The third-order valence-electron chi connectivity index (χ3n) is 6.96. The number of hydrogen-bond acceptors (Lipinski definition) is 5. The van der Waals surface area contributed by atoms with Crippen LogP contribution in [0.1, 0.15) is 48.0 Å². The van der Waals surface area contributed by atoms with Crippen molar-refractivity contribution < 1.29 is 4.79 Å². The lowest BCUT2D eigenvalue weighted by Crippen LogP contribution is -2.49. The van der Waals surface area contributed by atoms with Crippen molar-refractivity contribution >= 4 is 11.7 Å². The van der Waals surface area contributed by atoms with Crippen molar-refractivity contribution in [2.75, 3.05) is 13.1 Å². The van der Waals surface area contributed by atoms with Crippen LogP contribution in [0.15, 0.2) is 27.8 Å².